The highest BCUT2D eigenvalue weighted by Crippen LogP contribution is 2.28. The second-order valence-electron chi connectivity index (χ2n) is 5.98. The van der Waals surface area contributed by atoms with Crippen molar-refractivity contribution in [3.05, 3.63) is 35.9 Å². The summed E-state index contributed by atoms with van der Waals surface area (Å²) < 4.78 is 4.80. The number of hydrogen-bond donors (Lipinski definition) is 0. The Labute approximate surface area is 115 Å². The second kappa shape index (κ2) is 6.50. The maximum atomic E-state index is 12.2. The zero-order chi connectivity index (χ0) is 14.5. The lowest BCUT2D eigenvalue weighted by atomic mass is 9.82. The summed E-state index contributed by atoms with van der Waals surface area (Å²) in [6.07, 6.45) is 0.839. The van der Waals surface area contributed by atoms with E-state index in [-0.39, 0.29) is 29.5 Å². The number of ether oxygens (including phenoxy) is 1. The third kappa shape index (κ3) is 5.25. The summed E-state index contributed by atoms with van der Waals surface area (Å²) in [5.41, 5.74) is 0.626. The van der Waals surface area contributed by atoms with Gasteiger partial charge in [0.25, 0.3) is 0 Å². The molecule has 0 aliphatic rings. The van der Waals surface area contributed by atoms with Crippen LogP contribution in [0.5, 0.6) is 0 Å². The first-order chi connectivity index (χ1) is 8.83. The van der Waals surface area contributed by atoms with E-state index in [4.69, 9.17) is 4.74 Å². The molecule has 0 N–H and O–H groups in total. The van der Waals surface area contributed by atoms with E-state index in [0.29, 0.717) is 12.0 Å². The Hall–Kier alpha value is -1.64. The number of carbonyl (C=O) groups excluding carboxylic acids is 2. The highest BCUT2D eigenvalue weighted by molar-refractivity contribution is 5.98. The molecular weight excluding hydrogens is 240 g/mol. The van der Waals surface area contributed by atoms with Crippen LogP contribution in [0, 0.1) is 11.3 Å². The molecule has 0 aliphatic carbocycles. The van der Waals surface area contributed by atoms with Crippen LogP contribution in [-0.4, -0.2) is 18.9 Å². The average molecular weight is 262 g/mol. The number of carbonyl (C=O) groups is 2. The van der Waals surface area contributed by atoms with Crippen molar-refractivity contribution in [1.29, 1.82) is 0 Å². The molecule has 3 heteroatoms. The van der Waals surface area contributed by atoms with E-state index >= 15 is 0 Å². The summed E-state index contributed by atoms with van der Waals surface area (Å²) in [6, 6.07) is 9.06. The summed E-state index contributed by atoms with van der Waals surface area (Å²) in [5, 5.41) is 0. The quantitative estimate of drug-likeness (QED) is 0.602. The van der Waals surface area contributed by atoms with E-state index in [0.717, 1.165) is 0 Å². The fourth-order valence-electron chi connectivity index (χ4n) is 2.11. The second-order valence-corrected chi connectivity index (χ2v) is 5.98. The van der Waals surface area contributed by atoms with Gasteiger partial charge >= 0.3 is 5.97 Å². The number of rotatable bonds is 5. The third-order valence-corrected chi connectivity index (χ3v) is 2.92. The van der Waals surface area contributed by atoms with Crippen LogP contribution < -0.4 is 0 Å². The van der Waals surface area contributed by atoms with Crippen molar-refractivity contribution < 1.29 is 14.3 Å². The van der Waals surface area contributed by atoms with Gasteiger partial charge in [-0.15, -0.1) is 0 Å². The molecule has 0 spiro atoms. The Kier molecular flexibility index (Phi) is 5.28. The number of esters is 1. The highest BCUT2D eigenvalue weighted by atomic mass is 16.5. The van der Waals surface area contributed by atoms with Crippen LogP contribution in [0.4, 0.5) is 0 Å². The average Bonchev–Trinajstić information content (AvgIpc) is 2.36. The fraction of sp³-hybridized carbons (Fsp3) is 0.500. The Morgan fingerprint density at radius 2 is 1.74 bits per heavy atom. The third-order valence-electron chi connectivity index (χ3n) is 2.92. The minimum atomic E-state index is -0.377. The predicted molar refractivity (Wildman–Crippen MR) is 75.0 cm³/mol. The first-order valence-corrected chi connectivity index (χ1v) is 6.49. The summed E-state index contributed by atoms with van der Waals surface area (Å²) >= 11 is 0. The van der Waals surface area contributed by atoms with Crippen molar-refractivity contribution in [2.75, 3.05) is 7.11 Å². The Morgan fingerprint density at radius 3 is 2.21 bits per heavy atom. The van der Waals surface area contributed by atoms with E-state index in [2.05, 4.69) is 20.8 Å². The lowest BCUT2D eigenvalue weighted by molar-refractivity contribution is -0.146. The maximum Gasteiger partial charge on any atom is 0.309 e. The minimum Gasteiger partial charge on any atom is -0.469 e. The smallest absolute Gasteiger partial charge is 0.309 e. The number of ketones is 1. The minimum absolute atomic E-state index is 0.0137. The van der Waals surface area contributed by atoms with Gasteiger partial charge in [0.05, 0.1) is 13.0 Å². The van der Waals surface area contributed by atoms with Gasteiger partial charge in [-0.25, -0.2) is 0 Å². The topological polar surface area (TPSA) is 43.4 Å². The highest BCUT2D eigenvalue weighted by Gasteiger charge is 2.28. The summed E-state index contributed by atoms with van der Waals surface area (Å²) in [5.74, 6) is -0.697. The Morgan fingerprint density at radius 1 is 1.16 bits per heavy atom. The molecule has 104 valence electrons. The molecule has 0 aromatic heterocycles. The molecule has 0 bridgehead atoms. The molecule has 0 fully saturated rings. The molecular formula is C16H22O3. The standard InChI is InChI=1S/C16H22O3/c1-16(2,3)11-13(15(18)19-4)10-14(17)12-8-6-5-7-9-12/h5-9,13H,10-11H2,1-4H3. The SMILES string of the molecule is COC(=O)C(CC(=O)c1ccccc1)CC(C)(C)C. The van der Waals surface area contributed by atoms with Crippen LogP contribution in [0.15, 0.2) is 30.3 Å². The van der Waals surface area contributed by atoms with E-state index in [1.807, 2.05) is 18.2 Å². The molecule has 0 aliphatic heterocycles. The van der Waals surface area contributed by atoms with Gasteiger partial charge in [-0.05, 0) is 11.8 Å². The van der Waals surface area contributed by atoms with Gasteiger partial charge < -0.3 is 4.74 Å². The van der Waals surface area contributed by atoms with E-state index in [1.54, 1.807) is 12.1 Å². The van der Waals surface area contributed by atoms with Crippen LogP contribution in [-0.2, 0) is 9.53 Å². The number of methoxy groups -OCH3 is 1. The van der Waals surface area contributed by atoms with Crippen LogP contribution in [0.2, 0.25) is 0 Å². The molecule has 1 atom stereocenters. The van der Waals surface area contributed by atoms with Crippen molar-refractivity contribution in [3.63, 3.8) is 0 Å². The van der Waals surface area contributed by atoms with Gasteiger partial charge in [0, 0.05) is 12.0 Å². The van der Waals surface area contributed by atoms with Gasteiger partial charge in [0.15, 0.2) is 5.78 Å². The van der Waals surface area contributed by atoms with Gasteiger partial charge in [0.2, 0.25) is 0 Å². The van der Waals surface area contributed by atoms with E-state index in [9.17, 15) is 9.59 Å². The van der Waals surface area contributed by atoms with E-state index in [1.165, 1.54) is 7.11 Å². The molecule has 19 heavy (non-hydrogen) atoms. The van der Waals surface area contributed by atoms with Crippen molar-refractivity contribution in [2.45, 2.75) is 33.6 Å². The van der Waals surface area contributed by atoms with Crippen LogP contribution in [0.1, 0.15) is 44.0 Å². The fourth-order valence-corrected chi connectivity index (χ4v) is 2.11. The zero-order valence-electron chi connectivity index (χ0n) is 12.1. The lowest BCUT2D eigenvalue weighted by Gasteiger charge is -2.23. The molecule has 0 amide bonds. The molecule has 1 rings (SSSR count). The molecule has 1 aromatic carbocycles. The van der Waals surface area contributed by atoms with Crippen molar-refractivity contribution in [3.8, 4) is 0 Å². The monoisotopic (exact) mass is 262 g/mol. The molecule has 0 saturated heterocycles. The van der Waals surface area contributed by atoms with Gasteiger partial charge in [-0.3, -0.25) is 9.59 Å². The van der Waals surface area contributed by atoms with Gasteiger partial charge in [0.1, 0.15) is 0 Å². The van der Waals surface area contributed by atoms with Crippen LogP contribution in [0.3, 0.4) is 0 Å². The van der Waals surface area contributed by atoms with Crippen LogP contribution >= 0.6 is 0 Å². The molecule has 3 nitrogen and oxygen atoms in total. The van der Waals surface area contributed by atoms with Crippen molar-refractivity contribution in [2.24, 2.45) is 11.3 Å². The molecule has 1 aromatic rings. The summed E-state index contributed by atoms with van der Waals surface area (Å²) in [6.45, 7) is 6.15. The van der Waals surface area contributed by atoms with Gasteiger partial charge in [-0.2, -0.15) is 0 Å². The Balaban J connectivity index is 2.78. The van der Waals surface area contributed by atoms with Crippen molar-refractivity contribution >= 4 is 11.8 Å². The molecule has 0 saturated carbocycles. The summed E-state index contributed by atoms with van der Waals surface area (Å²) in [7, 11) is 1.37. The normalized spacial score (nSPS) is 12.8. The molecule has 0 heterocycles. The predicted octanol–water partition coefficient (Wildman–Crippen LogP) is 3.48. The first-order valence-electron chi connectivity index (χ1n) is 6.49. The number of hydrogen-bond acceptors (Lipinski definition) is 3. The lowest BCUT2D eigenvalue weighted by Crippen LogP contribution is -2.25. The van der Waals surface area contributed by atoms with Crippen LogP contribution in [0.25, 0.3) is 0 Å². The number of Topliss-reactive ketones (excluding diaryl/α,β-unsaturated/α-hetero) is 1. The van der Waals surface area contributed by atoms with Crippen molar-refractivity contribution in [1.82, 2.24) is 0 Å². The largest absolute Gasteiger partial charge is 0.469 e. The zero-order valence-corrected chi connectivity index (χ0v) is 12.1. The first kappa shape index (κ1) is 15.4. The Bertz CT molecular complexity index is 429. The van der Waals surface area contributed by atoms with E-state index < -0.39 is 0 Å². The van der Waals surface area contributed by atoms with Gasteiger partial charge in [-0.1, -0.05) is 51.1 Å². The molecule has 1 unspecified atom stereocenters. The summed E-state index contributed by atoms with van der Waals surface area (Å²) in [4.78, 5) is 23.9. The molecule has 0 radical (unpaired) electrons. The maximum absolute atomic E-state index is 12.2. The number of benzene rings is 1.